The maximum atomic E-state index is 10.8. The number of anilines is 1. The van der Waals surface area contributed by atoms with Crippen LogP contribution in [0.25, 0.3) is 0 Å². The molecule has 0 spiro atoms. The van der Waals surface area contributed by atoms with Crippen molar-refractivity contribution >= 4 is 11.7 Å². The van der Waals surface area contributed by atoms with Crippen LogP contribution in [-0.4, -0.2) is 29.1 Å². The monoisotopic (exact) mass is 273 g/mol. The summed E-state index contributed by atoms with van der Waals surface area (Å²) in [5.74, 6) is -0.170. The van der Waals surface area contributed by atoms with Gasteiger partial charge in [-0.15, -0.1) is 0 Å². The van der Waals surface area contributed by atoms with Crippen LogP contribution in [0.15, 0.2) is 18.3 Å². The molecule has 2 heterocycles. The summed E-state index contributed by atoms with van der Waals surface area (Å²) < 4.78 is 0. The molecule has 2 rings (SSSR count). The van der Waals surface area contributed by atoms with Crippen molar-refractivity contribution in [2.24, 2.45) is 11.8 Å². The zero-order valence-corrected chi connectivity index (χ0v) is 11.6. The van der Waals surface area contributed by atoms with Gasteiger partial charge in [0.1, 0.15) is 11.8 Å². The van der Waals surface area contributed by atoms with E-state index in [0.29, 0.717) is 11.6 Å². The highest BCUT2D eigenvalue weighted by molar-refractivity contribution is 5.67. The molecule has 1 aliphatic rings. The predicted octanol–water partition coefficient (Wildman–Crippen LogP) is 2.28. The fraction of sp³-hybridized carbons (Fsp3) is 0.533. The highest BCUT2D eigenvalue weighted by Crippen LogP contribution is 2.29. The van der Waals surface area contributed by atoms with E-state index in [-0.39, 0.29) is 12.3 Å². The Balaban J connectivity index is 2.06. The van der Waals surface area contributed by atoms with Gasteiger partial charge < -0.3 is 10.0 Å². The highest BCUT2D eigenvalue weighted by atomic mass is 16.4. The fourth-order valence-corrected chi connectivity index (χ4v) is 2.83. The number of carbonyl (C=O) groups is 1. The quantitative estimate of drug-likeness (QED) is 0.910. The Morgan fingerprint density at radius 2 is 2.50 bits per heavy atom. The zero-order chi connectivity index (χ0) is 14.5. The number of aliphatic carboxylic acids is 1. The molecule has 1 aromatic rings. The van der Waals surface area contributed by atoms with Crippen LogP contribution in [-0.2, 0) is 4.79 Å². The molecule has 0 saturated carbocycles. The Hall–Kier alpha value is -2.09. The van der Waals surface area contributed by atoms with Crippen LogP contribution in [0.1, 0.15) is 31.9 Å². The highest BCUT2D eigenvalue weighted by Gasteiger charge is 2.26. The van der Waals surface area contributed by atoms with Gasteiger partial charge in [0.2, 0.25) is 0 Å². The topological polar surface area (TPSA) is 77.2 Å². The Morgan fingerprint density at radius 3 is 3.20 bits per heavy atom. The van der Waals surface area contributed by atoms with Crippen LogP contribution in [0.4, 0.5) is 5.69 Å². The van der Waals surface area contributed by atoms with Crippen molar-refractivity contribution in [2.45, 2.75) is 26.2 Å². The fourth-order valence-electron chi connectivity index (χ4n) is 2.83. The normalized spacial score (nSPS) is 20.2. The molecular weight excluding hydrogens is 254 g/mol. The van der Waals surface area contributed by atoms with Crippen LogP contribution in [0.3, 0.4) is 0 Å². The van der Waals surface area contributed by atoms with Crippen LogP contribution >= 0.6 is 0 Å². The van der Waals surface area contributed by atoms with Gasteiger partial charge in [0.15, 0.2) is 0 Å². The van der Waals surface area contributed by atoms with E-state index in [1.807, 2.05) is 13.0 Å². The van der Waals surface area contributed by atoms with Gasteiger partial charge in [0, 0.05) is 31.4 Å². The number of carboxylic acids is 1. The lowest BCUT2D eigenvalue weighted by molar-refractivity contribution is -0.138. The van der Waals surface area contributed by atoms with Gasteiger partial charge in [0.25, 0.3) is 0 Å². The molecule has 0 bridgehead atoms. The number of hydrogen-bond acceptors (Lipinski definition) is 4. The molecule has 20 heavy (non-hydrogen) atoms. The minimum absolute atomic E-state index is 0.174. The SMILES string of the molecule is CC(CC(=O)O)C1CCCN(c2ccnc(C#N)c2)C1. The largest absolute Gasteiger partial charge is 0.481 e. The first kappa shape index (κ1) is 14.3. The van der Waals surface area contributed by atoms with Gasteiger partial charge in [-0.2, -0.15) is 5.26 Å². The summed E-state index contributed by atoms with van der Waals surface area (Å²) in [6, 6.07) is 5.75. The Kier molecular flexibility index (Phi) is 4.57. The molecule has 1 aliphatic heterocycles. The number of nitriles is 1. The molecule has 2 atom stereocenters. The van der Waals surface area contributed by atoms with Crippen molar-refractivity contribution in [1.82, 2.24) is 4.98 Å². The molecule has 2 unspecified atom stereocenters. The molecule has 0 radical (unpaired) electrons. The number of hydrogen-bond donors (Lipinski definition) is 1. The van der Waals surface area contributed by atoms with E-state index in [1.165, 1.54) is 0 Å². The van der Waals surface area contributed by atoms with Crippen molar-refractivity contribution in [3.05, 3.63) is 24.0 Å². The second-order valence-electron chi connectivity index (χ2n) is 5.43. The minimum atomic E-state index is -0.731. The van der Waals surface area contributed by atoms with Crippen molar-refractivity contribution in [3.8, 4) is 6.07 Å². The lowest BCUT2D eigenvalue weighted by Gasteiger charge is -2.36. The van der Waals surface area contributed by atoms with Crippen molar-refractivity contribution in [2.75, 3.05) is 18.0 Å². The molecule has 1 saturated heterocycles. The molecule has 5 heteroatoms. The van der Waals surface area contributed by atoms with Crippen LogP contribution in [0, 0.1) is 23.2 Å². The first-order chi connectivity index (χ1) is 9.60. The van der Waals surface area contributed by atoms with Crippen molar-refractivity contribution < 1.29 is 9.90 Å². The zero-order valence-electron chi connectivity index (χ0n) is 11.6. The second kappa shape index (κ2) is 6.38. The Labute approximate surface area is 118 Å². The van der Waals surface area contributed by atoms with E-state index < -0.39 is 5.97 Å². The van der Waals surface area contributed by atoms with Gasteiger partial charge in [-0.25, -0.2) is 4.98 Å². The number of piperidine rings is 1. The maximum Gasteiger partial charge on any atom is 0.303 e. The molecule has 1 aromatic heterocycles. The number of carboxylic acid groups (broad SMARTS) is 1. The van der Waals surface area contributed by atoms with Crippen LogP contribution in [0.5, 0.6) is 0 Å². The smallest absolute Gasteiger partial charge is 0.303 e. The van der Waals surface area contributed by atoms with E-state index in [4.69, 9.17) is 10.4 Å². The Bertz CT molecular complexity index is 524. The Morgan fingerprint density at radius 1 is 1.70 bits per heavy atom. The second-order valence-corrected chi connectivity index (χ2v) is 5.43. The molecule has 0 aromatic carbocycles. The number of pyridine rings is 1. The van der Waals surface area contributed by atoms with Crippen molar-refractivity contribution in [1.29, 1.82) is 5.26 Å². The van der Waals surface area contributed by atoms with Gasteiger partial charge in [-0.05, 0) is 36.8 Å². The van der Waals surface area contributed by atoms with E-state index in [0.717, 1.165) is 31.6 Å². The minimum Gasteiger partial charge on any atom is -0.481 e. The van der Waals surface area contributed by atoms with Crippen molar-refractivity contribution in [3.63, 3.8) is 0 Å². The first-order valence-corrected chi connectivity index (χ1v) is 6.93. The predicted molar refractivity (Wildman–Crippen MR) is 75.3 cm³/mol. The standard InChI is InChI=1S/C15H19N3O2/c1-11(7-15(19)20)12-3-2-6-18(10-12)14-4-5-17-13(8-14)9-16/h4-5,8,11-12H,2-3,6-7,10H2,1H3,(H,19,20). The lowest BCUT2D eigenvalue weighted by Crippen LogP contribution is -2.38. The van der Waals surface area contributed by atoms with E-state index >= 15 is 0 Å². The van der Waals surface area contributed by atoms with E-state index in [1.54, 1.807) is 12.3 Å². The van der Waals surface area contributed by atoms with Gasteiger partial charge in [0.05, 0.1) is 0 Å². The maximum absolute atomic E-state index is 10.8. The summed E-state index contributed by atoms with van der Waals surface area (Å²) in [6.45, 7) is 3.81. The lowest BCUT2D eigenvalue weighted by atomic mass is 9.84. The molecule has 106 valence electrons. The number of nitrogens with zero attached hydrogens (tertiary/aromatic N) is 3. The summed E-state index contributed by atoms with van der Waals surface area (Å²) in [4.78, 5) is 17.0. The third-order valence-electron chi connectivity index (χ3n) is 3.98. The van der Waals surface area contributed by atoms with Crippen LogP contribution in [0.2, 0.25) is 0 Å². The third kappa shape index (κ3) is 3.47. The molecule has 1 fully saturated rings. The summed E-state index contributed by atoms with van der Waals surface area (Å²) in [5, 5.41) is 17.8. The van der Waals surface area contributed by atoms with Gasteiger partial charge in [-0.3, -0.25) is 4.79 Å². The third-order valence-corrected chi connectivity index (χ3v) is 3.98. The molecular formula is C15H19N3O2. The van der Waals surface area contributed by atoms with E-state index in [9.17, 15) is 4.79 Å². The summed E-state index contributed by atoms with van der Waals surface area (Å²) >= 11 is 0. The number of rotatable bonds is 4. The summed E-state index contributed by atoms with van der Waals surface area (Å²) in [5.41, 5.74) is 1.42. The average molecular weight is 273 g/mol. The van der Waals surface area contributed by atoms with Gasteiger partial charge >= 0.3 is 5.97 Å². The van der Waals surface area contributed by atoms with Gasteiger partial charge in [-0.1, -0.05) is 6.92 Å². The molecule has 5 nitrogen and oxygen atoms in total. The average Bonchev–Trinajstić information content (AvgIpc) is 2.47. The molecule has 1 N–H and O–H groups in total. The van der Waals surface area contributed by atoms with E-state index in [2.05, 4.69) is 16.0 Å². The van der Waals surface area contributed by atoms with Crippen LogP contribution < -0.4 is 4.90 Å². The number of aromatic nitrogens is 1. The summed E-state index contributed by atoms with van der Waals surface area (Å²) in [7, 11) is 0. The first-order valence-electron chi connectivity index (χ1n) is 6.93. The summed E-state index contributed by atoms with van der Waals surface area (Å²) in [6.07, 6.45) is 4.00. The molecule has 0 aliphatic carbocycles. The molecule has 0 amide bonds.